The van der Waals surface area contributed by atoms with E-state index in [-0.39, 0.29) is 0 Å². The summed E-state index contributed by atoms with van der Waals surface area (Å²) in [5.41, 5.74) is -2.11. The average molecular weight is 295 g/mol. The number of hydrogen-bond acceptors (Lipinski definition) is 3. The molecule has 0 aliphatic carbocycles. The smallest absolute Gasteiger partial charge is 0.419 e. The van der Waals surface area contributed by atoms with Crippen LogP contribution in [0, 0.1) is 5.82 Å². The lowest BCUT2D eigenvalue weighted by atomic mass is 10.1. The molecule has 5 nitrogen and oxygen atoms in total. The number of alkyl halides is 3. The summed E-state index contributed by atoms with van der Waals surface area (Å²) >= 11 is 0. The lowest BCUT2D eigenvalue weighted by Gasteiger charge is -2.11. The maximum Gasteiger partial charge on any atom is 0.419 e. The molecule has 0 spiro atoms. The number of carboxylic acid groups (broad SMARTS) is 1. The highest BCUT2D eigenvalue weighted by molar-refractivity contribution is 5.94. The first-order valence-electron chi connectivity index (χ1n) is 5.18. The summed E-state index contributed by atoms with van der Waals surface area (Å²) in [7, 11) is 0. The van der Waals surface area contributed by atoms with Gasteiger partial charge in [-0.1, -0.05) is 0 Å². The van der Waals surface area contributed by atoms with E-state index in [1.165, 1.54) is 0 Å². The van der Waals surface area contributed by atoms with Crippen molar-refractivity contribution in [3.05, 3.63) is 35.1 Å². The number of rotatable bonds is 4. The number of benzene rings is 1. The van der Waals surface area contributed by atoms with Gasteiger partial charge in [0.15, 0.2) is 6.10 Å². The largest absolute Gasteiger partial charge is 0.479 e. The molecular weight excluding hydrogens is 286 g/mol. The molecule has 0 aliphatic heterocycles. The van der Waals surface area contributed by atoms with Crippen LogP contribution in [-0.4, -0.2) is 34.7 Å². The molecule has 0 unspecified atom stereocenters. The number of carbonyl (C=O) groups is 2. The topological polar surface area (TPSA) is 86.6 Å². The fraction of sp³-hybridized carbons (Fsp3) is 0.273. The van der Waals surface area contributed by atoms with Crippen molar-refractivity contribution in [2.24, 2.45) is 0 Å². The summed E-state index contributed by atoms with van der Waals surface area (Å²) in [4.78, 5) is 21.7. The van der Waals surface area contributed by atoms with E-state index in [1.54, 1.807) is 0 Å². The highest BCUT2D eigenvalue weighted by Crippen LogP contribution is 2.31. The van der Waals surface area contributed by atoms with Crippen LogP contribution in [0.25, 0.3) is 0 Å². The zero-order chi connectivity index (χ0) is 15.5. The molecular formula is C11H9F4NO4. The monoisotopic (exact) mass is 295 g/mol. The Labute approximate surface area is 109 Å². The van der Waals surface area contributed by atoms with Crippen LogP contribution in [0.5, 0.6) is 0 Å². The van der Waals surface area contributed by atoms with Gasteiger partial charge in [-0.05, 0) is 18.2 Å². The Bertz CT molecular complexity index is 530. The second kappa shape index (κ2) is 5.87. The van der Waals surface area contributed by atoms with E-state index >= 15 is 0 Å². The zero-order valence-corrected chi connectivity index (χ0v) is 9.74. The molecule has 1 rings (SSSR count). The Balaban J connectivity index is 2.87. The predicted octanol–water partition coefficient (Wildman–Crippen LogP) is 1.02. The van der Waals surface area contributed by atoms with E-state index in [2.05, 4.69) is 0 Å². The number of aliphatic hydroxyl groups excluding tert-OH is 1. The third kappa shape index (κ3) is 3.92. The van der Waals surface area contributed by atoms with Gasteiger partial charge in [-0.25, -0.2) is 9.18 Å². The van der Waals surface area contributed by atoms with Gasteiger partial charge in [0.2, 0.25) is 0 Å². The molecule has 20 heavy (non-hydrogen) atoms. The number of hydrogen-bond donors (Lipinski definition) is 3. The standard InChI is InChI=1S/C11H9F4NO4/c12-7-2-1-5(3-6(7)11(13,14)15)9(18)16-4-8(17)10(19)20/h1-3,8,17H,4H2,(H,16,18)(H,19,20)/t8-/m0/s1. The van der Waals surface area contributed by atoms with E-state index in [0.29, 0.717) is 12.1 Å². The van der Waals surface area contributed by atoms with E-state index < -0.39 is 47.6 Å². The van der Waals surface area contributed by atoms with Crippen molar-refractivity contribution in [2.75, 3.05) is 6.54 Å². The number of aliphatic carboxylic acids is 1. The van der Waals surface area contributed by atoms with Crippen molar-refractivity contribution in [3.8, 4) is 0 Å². The molecule has 1 aromatic rings. The van der Waals surface area contributed by atoms with Crippen molar-refractivity contribution in [1.29, 1.82) is 0 Å². The zero-order valence-electron chi connectivity index (χ0n) is 9.74. The normalized spacial score (nSPS) is 12.8. The number of halogens is 4. The van der Waals surface area contributed by atoms with Crippen LogP contribution in [-0.2, 0) is 11.0 Å². The fourth-order valence-electron chi connectivity index (χ4n) is 1.26. The first-order chi connectivity index (χ1) is 9.12. The quantitative estimate of drug-likeness (QED) is 0.724. The average Bonchev–Trinajstić information content (AvgIpc) is 2.34. The third-order valence-electron chi connectivity index (χ3n) is 2.27. The van der Waals surface area contributed by atoms with Crippen molar-refractivity contribution in [3.63, 3.8) is 0 Å². The SMILES string of the molecule is O=C(NC[C@H](O)C(=O)O)c1ccc(F)c(C(F)(F)F)c1. The van der Waals surface area contributed by atoms with Crippen molar-refractivity contribution in [2.45, 2.75) is 12.3 Å². The lowest BCUT2D eigenvalue weighted by Crippen LogP contribution is -2.36. The fourth-order valence-corrected chi connectivity index (χ4v) is 1.26. The van der Waals surface area contributed by atoms with Crippen molar-refractivity contribution >= 4 is 11.9 Å². The van der Waals surface area contributed by atoms with Gasteiger partial charge < -0.3 is 15.5 Å². The third-order valence-corrected chi connectivity index (χ3v) is 2.27. The van der Waals surface area contributed by atoms with Crippen LogP contribution in [0.1, 0.15) is 15.9 Å². The maximum absolute atomic E-state index is 13.0. The molecule has 0 fully saturated rings. The van der Waals surface area contributed by atoms with Crippen LogP contribution in [0.15, 0.2) is 18.2 Å². The van der Waals surface area contributed by atoms with Gasteiger partial charge in [0.25, 0.3) is 5.91 Å². The first kappa shape index (κ1) is 15.9. The highest BCUT2D eigenvalue weighted by Gasteiger charge is 2.34. The molecule has 1 aromatic carbocycles. The highest BCUT2D eigenvalue weighted by atomic mass is 19.4. The van der Waals surface area contributed by atoms with Crippen LogP contribution in [0.3, 0.4) is 0 Å². The number of carbonyl (C=O) groups excluding carboxylic acids is 1. The molecule has 0 heterocycles. The summed E-state index contributed by atoms with van der Waals surface area (Å²) in [6.45, 7) is -0.688. The van der Waals surface area contributed by atoms with Gasteiger partial charge in [0, 0.05) is 5.56 Å². The van der Waals surface area contributed by atoms with Crippen LogP contribution < -0.4 is 5.32 Å². The van der Waals surface area contributed by atoms with Crippen molar-refractivity contribution in [1.82, 2.24) is 5.32 Å². The van der Waals surface area contributed by atoms with Gasteiger partial charge in [0.1, 0.15) is 5.82 Å². The maximum atomic E-state index is 13.0. The molecule has 0 saturated carbocycles. The van der Waals surface area contributed by atoms with E-state index in [0.717, 1.165) is 6.07 Å². The van der Waals surface area contributed by atoms with Crippen molar-refractivity contribution < 1.29 is 37.4 Å². The Morgan fingerprint density at radius 2 is 1.90 bits per heavy atom. The van der Waals surface area contributed by atoms with Gasteiger partial charge in [-0.15, -0.1) is 0 Å². The lowest BCUT2D eigenvalue weighted by molar-refractivity contribution is -0.146. The first-order valence-corrected chi connectivity index (χ1v) is 5.18. The van der Waals surface area contributed by atoms with E-state index in [1.807, 2.05) is 5.32 Å². The summed E-state index contributed by atoms with van der Waals surface area (Å²) < 4.78 is 50.2. The second-order valence-corrected chi connectivity index (χ2v) is 3.76. The number of amides is 1. The summed E-state index contributed by atoms with van der Waals surface area (Å²) in [5.74, 6) is -4.18. The molecule has 9 heteroatoms. The van der Waals surface area contributed by atoms with Crippen LogP contribution in [0.4, 0.5) is 17.6 Å². The minimum atomic E-state index is -4.96. The van der Waals surface area contributed by atoms with Crippen LogP contribution >= 0.6 is 0 Å². The summed E-state index contributed by atoms with van der Waals surface area (Å²) in [5, 5.41) is 19.2. The predicted molar refractivity (Wildman–Crippen MR) is 57.4 cm³/mol. The van der Waals surface area contributed by atoms with Gasteiger partial charge in [-0.2, -0.15) is 13.2 Å². The summed E-state index contributed by atoms with van der Waals surface area (Å²) in [6.07, 6.45) is -6.84. The Morgan fingerprint density at radius 3 is 2.40 bits per heavy atom. The molecule has 0 aliphatic rings. The van der Waals surface area contributed by atoms with E-state index in [9.17, 15) is 27.2 Å². The Kier molecular flexibility index (Phi) is 4.66. The van der Waals surface area contributed by atoms with Gasteiger partial charge in [-0.3, -0.25) is 4.79 Å². The molecule has 1 amide bonds. The molecule has 110 valence electrons. The number of aliphatic hydroxyl groups is 1. The molecule has 0 saturated heterocycles. The van der Waals surface area contributed by atoms with E-state index in [4.69, 9.17) is 10.2 Å². The number of nitrogens with one attached hydrogen (secondary N) is 1. The van der Waals surface area contributed by atoms with Gasteiger partial charge in [0.05, 0.1) is 12.1 Å². The molecule has 1 atom stereocenters. The number of carboxylic acids is 1. The molecule has 0 bridgehead atoms. The minimum absolute atomic E-state index is 0.303. The summed E-state index contributed by atoms with van der Waals surface area (Å²) in [6, 6.07) is 1.59. The Morgan fingerprint density at radius 1 is 1.30 bits per heavy atom. The molecule has 0 radical (unpaired) electrons. The molecule has 0 aromatic heterocycles. The van der Waals surface area contributed by atoms with Gasteiger partial charge >= 0.3 is 12.1 Å². The Hall–Kier alpha value is -2.16. The minimum Gasteiger partial charge on any atom is -0.479 e. The van der Waals surface area contributed by atoms with Crippen LogP contribution in [0.2, 0.25) is 0 Å². The second-order valence-electron chi connectivity index (χ2n) is 3.76. The molecule has 3 N–H and O–H groups in total.